The van der Waals surface area contributed by atoms with E-state index in [2.05, 4.69) is 80.6 Å². The Morgan fingerprint density at radius 2 is 1.84 bits per heavy atom. The van der Waals surface area contributed by atoms with Crippen molar-refractivity contribution < 1.29 is 14.0 Å². The van der Waals surface area contributed by atoms with Gasteiger partial charge in [0.25, 0.3) is 0 Å². The molecule has 0 bridgehead atoms. The first-order valence-electron chi connectivity index (χ1n) is 11.3. The summed E-state index contributed by atoms with van der Waals surface area (Å²) in [4.78, 5) is 4.61. The van der Waals surface area contributed by atoms with E-state index in [1.165, 1.54) is 10.9 Å². The van der Waals surface area contributed by atoms with E-state index in [1.54, 1.807) is 7.11 Å². The number of rotatable bonds is 6. The van der Waals surface area contributed by atoms with Crippen molar-refractivity contribution in [2.24, 2.45) is 0 Å². The first-order valence-corrected chi connectivity index (χ1v) is 11.3. The Kier molecular flexibility index (Phi) is 6.05. The first kappa shape index (κ1) is 22.8. The highest BCUT2D eigenvalue weighted by Crippen LogP contribution is 2.37. The number of hydrogen-bond donors (Lipinski definition) is 0. The topological polar surface area (TPSA) is 45.5 Å². The molecule has 1 atom stereocenters. The Balaban J connectivity index is 1.69. The molecule has 0 amide bonds. The largest absolute Gasteiger partial charge is 0.487 e. The molecule has 1 aromatic carbocycles. The summed E-state index contributed by atoms with van der Waals surface area (Å²) in [5.74, 6) is 1.99. The van der Waals surface area contributed by atoms with E-state index in [4.69, 9.17) is 14.0 Å². The molecule has 6 heteroatoms. The summed E-state index contributed by atoms with van der Waals surface area (Å²) in [5.41, 5.74) is 4.86. The average molecular weight is 432 g/mol. The monoisotopic (exact) mass is 432 g/mol. The fraction of sp³-hybridized carbons (Fsp3) is 0.423. The zero-order valence-corrected chi connectivity index (χ0v) is 20.2. The van der Waals surface area contributed by atoms with Gasteiger partial charge in [-0.05, 0) is 77.4 Å². The van der Waals surface area contributed by atoms with Crippen LogP contribution in [0.5, 0.6) is 0 Å². The van der Waals surface area contributed by atoms with Crippen LogP contribution in [0.1, 0.15) is 58.9 Å². The second-order valence-corrected chi connectivity index (χ2v) is 9.39. The van der Waals surface area contributed by atoms with Gasteiger partial charge in [-0.1, -0.05) is 18.1 Å². The predicted octanol–water partition coefficient (Wildman–Crippen LogP) is 6.08. The van der Waals surface area contributed by atoms with E-state index >= 15 is 0 Å². The van der Waals surface area contributed by atoms with Gasteiger partial charge in [0.2, 0.25) is 0 Å². The maximum Gasteiger partial charge on any atom is 0.487 e. The van der Waals surface area contributed by atoms with Crippen LogP contribution in [0, 0.1) is 0 Å². The summed E-state index contributed by atoms with van der Waals surface area (Å²) in [6.45, 7) is 13.3. The molecule has 3 heterocycles. The van der Waals surface area contributed by atoms with Crippen molar-refractivity contribution in [2.75, 3.05) is 7.11 Å². The lowest BCUT2D eigenvalue weighted by Gasteiger charge is -2.32. The van der Waals surface area contributed by atoms with Crippen LogP contribution in [-0.4, -0.2) is 35.0 Å². The molecule has 32 heavy (non-hydrogen) atoms. The molecular weight excluding hydrogens is 399 g/mol. The third-order valence-corrected chi connectivity index (χ3v) is 6.81. The maximum absolute atomic E-state index is 6.09. The fourth-order valence-electron chi connectivity index (χ4n) is 4.18. The average Bonchev–Trinajstić information content (AvgIpc) is 3.23. The van der Waals surface area contributed by atoms with Crippen LogP contribution in [0.4, 0.5) is 0 Å². The minimum atomic E-state index is -0.347. The highest BCUT2D eigenvalue weighted by atomic mass is 16.7. The number of pyridine rings is 1. The molecule has 5 nitrogen and oxygen atoms in total. The highest BCUT2D eigenvalue weighted by Gasteiger charge is 2.50. The van der Waals surface area contributed by atoms with E-state index < -0.39 is 0 Å². The van der Waals surface area contributed by atoms with E-state index in [-0.39, 0.29) is 24.4 Å². The van der Waals surface area contributed by atoms with Crippen LogP contribution in [0.2, 0.25) is 0 Å². The third-order valence-electron chi connectivity index (χ3n) is 6.81. The van der Waals surface area contributed by atoms with Crippen molar-refractivity contribution in [1.29, 1.82) is 0 Å². The Morgan fingerprint density at radius 1 is 1.12 bits per heavy atom. The minimum Gasteiger partial charge on any atom is -0.400 e. The van der Waals surface area contributed by atoms with Crippen molar-refractivity contribution in [3.8, 4) is 11.3 Å². The minimum absolute atomic E-state index is 0.0760. The lowest BCUT2D eigenvalue weighted by Crippen LogP contribution is -2.41. The van der Waals surface area contributed by atoms with E-state index in [0.29, 0.717) is 0 Å². The molecule has 1 fully saturated rings. The molecule has 4 rings (SSSR count). The number of aryl methyl sites for hydroxylation is 1. The molecule has 0 N–H and O–H groups in total. The van der Waals surface area contributed by atoms with Gasteiger partial charge in [0.15, 0.2) is 0 Å². The van der Waals surface area contributed by atoms with Gasteiger partial charge in [0.1, 0.15) is 0 Å². The molecule has 0 aliphatic carbocycles. The molecule has 3 aromatic rings. The lowest BCUT2D eigenvalue weighted by molar-refractivity contribution is 0.00578. The van der Waals surface area contributed by atoms with Crippen LogP contribution in [0.25, 0.3) is 28.2 Å². The van der Waals surface area contributed by atoms with Crippen molar-refractivity contribution in [1.82, 2.24) is 9.55 Å². The summed E-state index contributed by atoms with van der Waals surface area (Å²) in [7, 11) is 1.37. The number of methoxy groups -OCH3 is 1. The van der Waals surface area contributed by atoms with E-state index in [1.807, 2.05) is 25.2 Å². The summed E-state index contributed by atoms with van der Waals surface area (Å²) >= 11 is 0. The number of ether oxygens (including phenoxy) is 1. The van der Waals surface area contributed by atoms with E-state index in [0.717, 1.165) is 29.1 Å². The smallest absolute Gasteiger partial charge is 0.400 e. The van der Waals surface area contributed by atoms with Crippen LogP contribution in [-0.2, 0) is 20.6 Å². The Morgan fingerprint density at radius 3 is 2.50 bits per heavy atom. The number of hydrogen-bond acceptors (Lipinski definition) is 4. The van der Waals surface area contributed by atoms with Gasteiger partial charge < -0.3 is 18.6 Å². The molecule has 2 aromatic heterocycles. The second-order valence-electron chi connectivity index (χ2n) is 9.39. The molecule has 0 radical (unpaired) electrons. The van der Waals surface area contributed by atoms with Gasteiger partial charge in [-0.25, -0.2) is 0 Å². The number of fused-ring (bicyclic) bond motifs is 1. The second kappa shape index (κ2) is 8.51. The van der Waals surface area contributed by atoms with Gasteiger partial charge >= 0.3 is 7.12 Å². The highest BCUT2D eigenvalue weighted by molar-refractivity contribution is 6.52. The van der Waals surface area contributed by atoms with Crippen molar-refractivity contribution in [3.63, 3.8) is 0 Å². The standard InChI is InChI=1S/C26H33BN2O3/c1-8-29-22-12-11-19(13-14-27-31-25(3,4)26(5,6)32-27)16-20(22)17-23(29)21-10-9-15-28-24(21)18(2)30-7/h9-18H,8H2,1-7H3/b14-13+/t18-/m0/s1. The van der Waals surface area contributed by atoms with Crippen molar-refractivity contribution >= 4 is 24.1 Å². The van der Waals surface area contributed by atoms with Crippen LogP contribution >= 0.6 is 0 Å². The molecule has 168 valence electrons. The molecular formula is C26H33BN2O3. The van der Waals surface area contributed by atoms with Gasteiger partial charge in [-0.2, -0.15) is 0 Å². The Hall–Kier alpha value is -2.41. The van der Waals surface area contributed by atoms with E-state index in [9.17, 15) is 0 Å². The van der Waals surface area contributed by atoms with Gasteiger partial charge in [0, 0.05) is 36.3 Å². The molecule has 0 spiro atoms. The third kappa shape index (κ3) is 4.03. The van der Waals surface area contributed by atoms with Crippen molar-refractivity contribution in [2.45, 2.75) is 65.4 Å². The fourth-order valence-corrected chi connectivity index (χ4v) is 4.18. The number of aromatic nitrogens is 2. The molecule has 1 saturated heterocycles. The first-order chi connectivity index (χ1) is 15.2. The molecule has 0 saturated carbocycles. The zero-order valence-electron chi connectivity index (χ0n) is 20.2. The van der Waals surface area contributed by atoms with Crippen LogP contribution in [0.15, 0.2) is 48.6 Å². The zero-order chi connectivity index (χ0) is 23.1. The lowest BCUT2D eigenvalue weighted by atomic mass is 9.89. The Bertz CT molecular complexity index is 1130. The maximum atomic E-state index is 6.09. The van der Waals surface area contributed by atoms with Crippen LogP contribution < -0.4 is 0 Å². The predicted molar refractivity (Wildman–Crippen MR) is 131 cm³/mol. The molecule has 1 aliphatic heterocycles. The van der Waals surface area contributed by atoms with Gasteiger partial charge in [-0.3, -0.25) is 4.98 Å². The van der Waals surface area contributed by atoms with Gasteiger partial charge in [-0.15, -0.1) is 0 Å². The molecule has 0 unspecified atom stereocenters. The Labute approximate surface area is 191 Å². The van der Waals surface area contributed by atoms with Crippen LogP contribution in [0.3, 0.4) is 0 Å². The SMILES string of the molecule is CCn1c(-c2cccnc2[C@H](C)OC)cc2cc(/C=C/B3OC(C)(C)C(C)(C)O3)ccc21. The summed E-state index contributed by atoms with van der Waals surface area (Å²) in [6.07, 6.45) is 3.83. The quantitative estimate of drug-likeness (QED) is 0.443. The molecule has 1 aliphatic rings. The summed E-state index contributed by atoms with van der Waals surface area (Å²) < 4.78 is 20.1. The number of nitrogens with zero attached hydrogens (tertiary/aromatic N) is 2. The van der Waals surface area contributed by atoms with Crippen molar-refractivity contribution in [3.05, 3.63) is 59.8 Å². The number of benzene rings is 1. The summed E-state index contributed by atoms with van der Waals surface area (Å²) in [5, 5.41) is 1.19. The van der Waals surface area contributed by atoms with Gasteiger partial charge in [0.05, 0.1) is 28.7 Å². The normalized spacial score (nSPS) is 18.7. The summed E-state index contributed by atoms with van der Waals surface area (Å²) in [6, 6.07) is 12.9.